The molecule has 5 aromatic carbocycles. The van der Waals surface area contributed by atoms with Crippen LogP contribution in [0.4, 0.5) is 0 Å². The van der Waals surface area contributed by atoms with Crippen LogP contribution in [0.25, 0.3) is 54.8 Å². The molecule has 7 aromatic rings. The number of hydrogen-bond donors (Lipinski definition) is 0. The van der Waals surface area contributed by atoms with E-state index in [1.165, 1.54) is 43.4 Å². The average Bonchev–Trinajstić information content (AvgIpc) is 3.04. The molecule has 0 unspecified atom stereocenters. The van der Waals surface area contributed by atoms with Crippen LogP contribution in [0.5, 0.6) is 0 Å². The Kier molecular flexibility index (Phi) is 9.35. The Morgan fingerprint density at radius 2 is 0.956 bits per heavy atom. The van der Waals surface area contributed by atoms with Crippen LogP contribution in [0.3, 0.4) is 0 Å². The van der Waals surface area contributed by atoms with Gasteiger partial charge in [-0.25, -0.2) is 0 Å². The Balaban J connectivity index is 0.000000177. The van der Waals surface area contributed by atoms with Crippen LogP contribution in [-0.2, 0) is 30.9 Å². The quantitative estimate of drug-likeness (QED) is 0.129. The summed E-state index contributed by atoms with van der Waals surface area (Å²) in [5, 5.41) is 7.44. The molecule has 7 rings (SSSR count). The fourth-order valence-electron chi connectivity index (χ4n) is 5.45. The second-order valence-corrected chi connectivity index (χ2v) is 13.5. The molecule has 227 valence electrons. The maximum absolute atomic E-state index is 4.58. The van der Waals surface area contributed by atoms with Crippen molar-refractivity contribution in [3.63, 3.8) is 0 Å². The van der Waals surface area contributed by atoms with Crippen LogP contribution in [0, 0.1) is 12.1 Å². The summed E-state index contributed by atoms with van der Waals surface area (Å²) < 4.78 is 0. The van der Waals surface area contributed by atoms with Gasteiger partial charge in [0.2, 0.25) is 0 Å². The van der Waals surface area contributed by atoms with Gasteiger partial charge in [0.05, 0.1) is 0 Å². The van der Waals surface area contributed by atoms with E-state index in [-0.39, 0.29) is 30.9 Å². The van der Waals surface area contributed by atoms with Crippen LogP contribution in [0.15, 0.2) is 122 Å². The number of aromatic nitrogens is 2. The SMILES string of the molecule is CC(C)(C)c1ccnc(-c2[c-]cc3ccc4ccccc4c3c2)c1.CC(C)(C)c1ccnc(-c2[c-]cc3ccccc3c2)c1.[Ir]. The smallest absolute Gasteiger partial charge is 0.0163 e. The first-order valence-corrected chi connectivity index (χ1v) is 15.2. The van der Waals surface area contributed by atoms with Gasteiger partial charge in [-0.1, -0.05) is 130 Å². The summed E-state index contributed by atoms with van der Waals surface area (Å²) in [6, 6.07) is 45.0. The molecule has 2 nitrogen and oxygen atoms in total. The van der Waals surface area contributed by atoms with Crippen molar-refractivity contribution in [3.8, 4) is 22.5 Å². The molecule has 0 saturated heterocycles. The van der Waals surface area contributed by atoms with Crippen LogP contribution < -0.4 is 0 Å². The molecule has 2 aromatic heterocycles. The molecule has 0 N–H and O–H groups in total. The predicted molar refractivity (Wildman–Crippen MR) is 187 cm³/mol. The number of rotatable bonds is 2. The molecule has 2 heterocycles. The summed E-state index contributed by atoms with van der Waals surface area (Å²) in [7, 11) is 0. The van der Waals surface area contributed by atoms with Crippen molar-refractivity contribution in [1.82, 2.24) is 9.97 Å². The number of hydrogen-bond acceptors (Lipinski definition) is 2. The number of fused-ring (bicyclic) bond motifs is 4. The van der Waals surface area contributed by atoms with Crippen LogP contribution >= 0.6 is 0 Å². The van der Waals surface area contributed by atoms with E-state index < -0.39 is 0 Å². The summed E-state index contributed by atoms with van der Waals surface area (Å²) >= 11 is 0. The van der Waals surface area contributed by atoms with E-state index in [9.17, 15) is 0 Å². The molecule has 3 heteroatoms. The molecule has 0 aliphatic rings. The average molecular weight is 763 g/mol. The van der Waals surface area contributed by atoms with Crippen molar-refractivity contribution in [2.45, 2.75) is 52.4 Å². The number of pyridine rings is 2. The Morgan fingerprint density at radius 1 is 0.467 bits per heavy atom. The van der Waals surface area contributed by atoms with Crippen molar-refractivity contribution >= 4 is 32.3 Å². The summed E-state index contributed by atoms with van der Waals surface area (Å²) in [5.41, 5.74) is 6.90. The molecule has 45 heavy (non-hydrogen) atoms. The molecule has 0 atom stereocenters. The minimum absolute atomic E-state index is 0. The minimum Gasteiger partial charge on any atom is -0.305 e. The van der Waals surface area contributed by atoms with Crippen molar-refractivity contribution in [3.05, 3.63) is 145 Å². The minimum atomic E-state index is 0. The molecule has 0 bridgehead atoms. The third-order valence-corrected chi connectivity index (χ3v) is 8.16. The van der Waals surface area contributed by atoms with Crippen LogP contribution in [-0.4, -0.2) is 9.97 Å². The Morgan fingerprint density at radius 3 is 1.56 bits per heavy atom. The standard InChI is InChI=1S/C23H20N.C19H18N.Ir/c1-23(2,3)19-12-13-24-22(15-19)18-11-10-17-9-8-16-6-4-5-7-20(16)21(17)14-18;1-19(2,3)17-10-11-20-18(13-17)16-9-8-14-6-4-5-7-15(14)12-16;/h4-10,12-15H,1-3H3;4-8,10-13H,1-3H3;/q2*-1;. The van der Waals surface area contributed by atoms with Gasteiger partial charge in [-0.3, -0.25) is 0 Å². The number of nitrogens with zero attached hydrogens (tertiary/aromatic N) is 2. The molecule has 0 amide bonds. The van der Waals surface area contributed by atoms with Gasteiger partial charge in [-0.15, -0.1) is 52.9 Å². The molecule has 0 spiro atoms. The third kappa shape index (κ3) is 7.22. The summed E-state index contributed by atoms with van der Waals surface area (Å²) in [4.78, 5) is 9.08. The largest absolute Gasteiger partial charge is 0.305 e. The van der Waals surface area contributed by atoms with E-state index >= 15 is 0 Å². The second-order valence-electron chi connectivity index (χ2n) is 13.5. The molecular formula is C42H38IrN2-2. The topological polar surface area (TPSA) is 25.8 Å². The van der Waals surface area contributed by atoms with Gasteiger partial charge in [0.25, 0.3) is 0 Å². The number of benzene rings is 5. The summed E-state index contributed by atoms with van der Waals surface area (Å²) in [6.07, 6.45) is 3.79. The van der Waals surface area contributed by atoms with Crippen molar-refractivity contribution in [2.75, 3.05) is 0 Å². The van der Waals surface area contributed by atoms with E-state index in [0.717, 1.165) is 22.5 Å². The zero-order valence-electron chi connectivity index (χ0n) is 26.8. The van der Waals surface area contributed by atoms with E-state index in [4.69, 9.17) is 0 Å². The first-order chi connectivity index (χ1) is 21.1. The van der Waals surface area contributed by atoms with Gasteiger partial charge >= 0.3 is 0 Å². The predicted octanol–water partition coefficient (Wildman–Crippen LogP) is 11.1. The maximum Gasteiger partial charge on any atom is 0.0163 e. The molecule has 0 aliphatic carbocycles. The first-order valence-electron chi connectivity index (χ1n) is 15.2. The van der Waals surface area contributed by atoms with E-state index in [1.807, 2.05) is 24.5 Å². The van der Waals surface area contributed by atoms with Gasteiger partial charge < -0.3 is 9.97 Å². The molecular weight excluding hydrogens is 725 g/mol. The fraction of sp³-hybridized carbons (Fsp3) is 0.190. The zero-order chi connectivity index (χ0) is 30.9. The van der Waals surface area contributed by atoms with Crippen LogP contribution in [0.1, 0.15) is 52.7 Å². The van der Waals surface area contributed by atoms with Gasteiger partial charge in [-0.05, 0) is 56.2 Å². The Labute approximate surface area is 280 Å². The van der Waals surface area contributed by atoms with Gasteiger partial charge in [0, 0.05) is 32.5 Å². The van der Waals surface area contributed by atoms with Crippen LogP contribution in [0.2, 0.25) is 0 Å². The zero-order valence-corrected chi connectivity index (χ0v) is 29.2. The Bertz CT molecular complexity index is 2100. The maximum atomic E-state index is 4.58. The third-order valence-electron chi connectivity index (χ3n) is 8.16. The molecule has 1 radical (unpaired) electrons. The normalized spacial score (nSPS) is 11.6. The summed E-state index contributed by atoms with van der Waals surface area (Å²) in [6.45, 7) is 13.3. The fourth-order valence-corrected chi connectivity index (χ4v) is 5.45. The monoisotopic (exact) mass is 763 g/mol. The molecule has 0 fully saturated rings. The van der Waals surface area contributed by atoms with Gasteiger partial charge in [0.1, 0.15) is 0 Å². The van der Waals surface area contributed by atoms with Gasteiger partial charge in [-0.2, -0.15) is 0 Å². The molecule has 0 saturated carbocycles. The van der Waals surface area contributed by atoms with Gasteiger partial charge in [0.15, 0.2) is 0 Å². The molecule has 0 aliphatic heterocycles. The van der Waals surface area contributed by atoms with Crippen molar-refractivity contribution in [1.29, 1.82) is 0 Å². The van der Waals surface area contributed by atoms with E-state index in [0.29, 0.717) is 0 Å². The second kappa shape index (κ2) is 13.1. The summed E-state index contributed by atoms with van der Waals surface area (Å²) in [5.74, 6) is 0. The first kappa shape index (κ1) is 32.2. The van der Waals surface area contributed by atoms with E-state index in [2.05, 4.69) is 161 Å². The van der Waals surface area contributed by atoms with Crippen molar-refractivity contribution in [2.24, 2.45) is 0 Å². The van der Waals surface area contributed by atoms with Crippen molar-refractivity contribution < 1.29 is 20.1 Å². The Hall–Kier alpha value is -4.17. The van der Waals surface area contributed by atoms with E-state index in [1.54, 1.807) is 0 Å².